The third-order valence-electron chi connectivity index (χ3n) is 2.14. The molecule has 1 rings (SSSR count). The Morgan fingerprint density at radius 2 is 2.25 bits per heavy atom. The van der Waals surface area contributed by atoms with Crippen LogP contribution < -0.4 is 10.6 Å². The lowest BCUT2D eigenvalue weighted by molar-refractivity contribution is -0.385. The summed E-state index contributed by atoms with van der Waals surface area (Å²) in [5, 5.41) is 16.8. The lowest BCUT2D eigenvalue weighted by atomic mass is 10.2. The molecule has 0 spiro atoms. The van der Waals surface area contributed by atoms with Crippen molar-refractivity contribution in [3.8, 4) is 0 Å². The number of anilines is 1. The first-order chi connectivity index (χ1) is 7.65. The molecule has 0 aliphatic heterocycles. The number of hydrogen-bond donors (Lipinski definition) is 2. The van der Waals surface area contributed by atoms with E-state index in [1.165, 1.54) is 6.20 Å². The third-order valence-corrected chi connectivity index (χ3v) is 2.14. The molecule has 0 bridgehead atoms. The highest BCUT2D eigenvalue weighted by Crippen LogP contribution is 2.18. The molecule has 0 aromatic carbocycles. The van der Waals surface area contributed by atoms with E-state index >= 15 is 0 Å². The van der Waals surface area contributed by atoms with Gasteiger partial charge in [0, 0.05) is 18.7 Å². The van der Waals surface area contributed by atoms with Crippen molar-refractivity contribution in [3.05, 3.63) is 27.9 Å². The molecule has 0 fully saturated rings. The first-order valence-corrected chi connectivity index (χ1v) is 5.20. The van der Waals surface area contributed by atoms with Crippen LogP contribution in [0, 0.1) is 17.0 Å². The number of aromatic nitrogens is 1. The number of nitrogens with zero attached hydrogens (tertiary/aromatic N) is 2. The summed E-state index contributed by atoms with van der Waals surface area (Å²) in [5.74, 6) is 0.668. The van der Waals surface area contributed by atoms with Crippen LogP contribution in [0.15, 0.2) is 12.3 Å². The van der Waals surface area contributed by atoms with E-state index in [9.17, 15) is 10.1 Å². The Labute approximate surface area is 94.2 Å². The molecule has 0 unspecified atom stereocenters. The van der Waals surface area contributed by atoms with Crippen LogP contribution >= 0.6 is 0 Å². The summed E-state index contributed by atoms with van der Waals surface area (Å²) in [6.45, 7) is 6.25. The fourth-order valence-corrected chi connectivity index (χ4v) is 1.29. The molecular weight excluding hydrogens is 208 g/mol. The van der Waals surface area contributed by atoms with Crippen LogP contribution in [0.2, 0.25) is 0 Å². The fraction of sp³-hybridized carbons (Fsp3) is 0.500. The molecule has 0 saturated heterocycles. The molecule has 1 aromatic heterocycles. The van der Waals surface area contributed by atoms with Gasteiger partial charge in [0.1, 0.15) is 12.0 Å². The Morgan fingerprint density at radius 3 is 2.81 bits per heavy atom. The lowest BCUT2D eigenvalue weighted by Crippen LogP contribution is -2.21. The molecule has 0 amide bonds. The third kappa shape index (κ3) is 3.47. The quantitative estimate of drug-likeness (QED) is 0.433. The first-order valence-electron chi connectivity index (χ1n) is 5.20. The number of pyridine rings is 1. The standard InChI is InChI=1S/C10H16N4O2/c1-3-11-4-5-12-10-6-8(2)9(7-13-10)14(15)16/h6-7,11H,3-5H2,1-2H3,(H,12,13). The predicted octanol–water partition coefficient (Wildman–Crippen LogP) is 1.32. The van der Waals surface area contributed by atoms with Crippen molar-refractivity contribution in [2.24, 2.45) is 0 Å². The average molecular weight is 224 g/mol. The number of nitrogens with one attached hydrogen (secondary N) is 2. The molecule has 2 N–H and O–H groups in total. The second kappa shape index (κ2) is 6.02. The van der Waals surface area contributed by atoms with Crippen molar-refractivity contribution in [1.82, 2.24) is 10.3 Å². The van der Waals surface area contributed by atoms with Crippen LogP contribution in [-0.2, 0) is 0 Å². The van der Waals surface area contributed by atoms with Crippen LogP contribution in [0.5, 0.6) is 0 Å². The number of rotatable bonds is 6. The normalized spacial score (nSPS) is 10.1. The van der Waals surface area contributed by atoms with Gasteiger partial charge >= 0.3 is 0 Å². The van der Waals surface area contributed by atoms with E-state index in [2.05, 4.69) is 15.6 Å². The minimum Gasteiger partial charge on any atom is -0.369 e. The highest BCUT2D eigenvalue weighted by Gasteiger charge is 2.10. The Bertz CT molecular complexity index is 368. The molecule has 6 heteroatoms. The molecule has 6 nitrogen and oxygen atoms in total. The number of hydrogen-bond acceptors (Lipinski definition) is 5. The Kier molecular flexibility index (Phi) is 4.65. The van der Waals surface area contributed by atoms with Gasteiger partial charge in [-0.2, -0.15) is 0 Å². The van der Waals surface area contributed by atoms with Crippen molar-refractivity contribution in [3.63, 3.8) is 0 Å². The van der Waals surface area contributed by atoms with E-state index in [0.29, 0.717) is 11.4 Å². The fourth-order valence-electron chi connectivity index (χ4n) is 1.29. The van der Waals surface area contributed by atoms with Crippen LogP contribution in [0.3, 0.4) is 0 Å². The van der Waals surface area contributed by atoms with E-state index in [4.69, 9.17) is 0 Å². The van der Waals surface area contributed by atoms with Gasteiger partial charge in [0.15, 0.2) is 0 Å². The predicted molar refractivity (Wildman–Crippen MR) is 62.7 cm³/mol. The monoisotopic (exact) mass is 224 g/mol. The second-order valence-electron chi connectivity index (χ2n) is 3.39. The van der Waals surface area contributed by atoms with Gasteiger partial charge < -0.3 is 10.6 Å². The van der Waals surface area contributed by atoms with E-state index < -0.39 is 4.92 Å². The van der Waals surface area contributed by atoms with Crippen molar-refractivity contribution in [2.75, 3.05) is 25.0 Å². The van der Waals surface area contributed by atoms with Gasteiger partial charge in [0.05, 0.1) is 4.92 Å². The minimum absolute atomic E-state index is 0.0530. The molecule has 1 heterocycles. The summed E-state index contributed by atoms with van der Waals surface area (Å²) in [4.78, 5) is 14.1. The van der Waals surface area contributed by atoms with Crippen LogP contribution in [0.1, 0.15) is 12.5 Å². The zero-order valence-corrected chi connectivity index (χ0v) is 9.49. The van der Waals surface area contributed by atoms with Gasteiger partial charge in [0.2, 0.25) is 0 Å². The summed E-state index contributed by atoms with van der Waals surface area (Å²) in [7, 11) is 0. The van der Waals surface area contributed by atoms with E-state index in [0.717, 1.165) is 19.6 Å². The van der Waals surface area contributed by atoms with Gasteiger partial charge in [-0.3, -0.25) is 10.1 Å². The summed E-state index contributed by atoms with van der Waals surface area (Å²) in [6, 6.07) is 1.68. The van der Waals surface area contributed by atoms with Gasteiger partial charge in [-0.05, 0) is 19.5 Å². The summed E-state index contributed by atoms with van der Waals surface area (Å²) in [6.07, 6.45) is 1.28. The van der Waals surface area contributed by atoms with Gasteiger partial charge in [0.25, 0.3) is 5.69 Å². The van der Waals surface area contributed by atoms with Gasteiger partial charge in [-0.25, -0.2) is 4.98 Å². The topological polar surface area (TPSA) is 80.1 Å². The Morgan fingerprint density at radius 1 is 1.50 bits per heavy atom. The molecule has 88 valence electrons. The van der Waals surface area contributed by atoms with Crippen LogP contribution in [-0.4, -0.2) is 29.5 Å². The maximum Gasteiger partial charge on any atom is 0.290 e. The van der Waals surface area contributed by atoms with E-state index in [1.54, 1.807) is 13.0 Å². The van der Waals surface area contributed by atoms with Gasteiger partial charge in [-0.15, -0.1) is 0 Å². The van der Waals surface area contributed by atoms with Crippen molar-refractivity contribution in [2.45, 2.75) is 13.8 Å². The summed E-state index contributed by atoms with van der Waals surface area (Å²) in [5.41, 5.74) is 0.670. The molecule has 0 saturated carbocycles. The highest BCUT2D eigenvalue weighted by molar-refractivity contribution is 5.46. The molecule has 1 aromatic rings. The van der Waals surface area contributed by atoms with Crippen molar-refractivity contribution < 1.29 is 4.92 Å². The molecule has 0 aliphatic carbocycles. The maximum absolute atomic E-state index is 10.6. The first kappa shape index (κ1) is 12.4. The summed E-state index contributed by atoms with van der Waals surface area (Å²) >= 11 is 0. The van der Waals surface area contributed by atoms with E-state index in [-0.39, 0.29) is 5.69 Å². The van der Waals surface area contributed by atoms with E-state index in [1.807, 2.05) is 6.92 Å². The molecule has 0 radical (unpaired) electrons. The maximum atomic E-state index is 10.6. The number of likely N-dealkylation sites (N-methyl/N-ethyl adjacent to an activating group) is 1. The molecular formula is C10H16N4O2. The Hall–Kier alpha value is -1.69. The molecule has 16 heavy (non-hydrogen) atoms. The van der Waals surface area contributed by atoms with Crippen LogP contribution in [0.4, 0.5) is 11.5 Å². The Balaban J connectivity index is 2.56. The molecule has 0 atom stereocenters. The SMILES string of the molecule is CCNCCNc1cc(C)c([N+](=O)[O-])cn1. The largest absolute Gasteiger partial charge is 0.369 e. The summed E-state index contributed by atoms with van der Waals surface area (Å²) < 4.78 is 0. The molecule has 0 aliphatic rings. The highest BCUT2D eigenvalue weighted by atomic mass is 16.6. The minimum atomic E-state index is -0.426. The average Bonchev–Trinajstić information content (AvgIpc) is 2.24. The second-order valence-corrected chi connectivity index (χ2v) is 3.39. The zero-order chi connectivity index (χ0) is 12.0. The van der Waals surface area contributed by atoms with Crippen molar-refractivity contribution in [1.29, 1.82) is 0 Å². The lowest BCUT2D eigenvalue weighted by Gasteiger charge is -2.06. The number of nitro groups is 1. The smallest absolute Gasteiger partial charge is 0.290 e. The number of aryl methyl sites for hydroxylation is 1. The van der Waals surface area contributed by atoms with Crippen molar-refractivity contribution >= 4 is 11.5 Å². The van der Waals surface area contributed by atoms with Crippen LogP contribution in [0.25, 0.3) is 0 Å². The van der Waals surface area contributed by atoms with Gasteiger partial charge in [-0.1, -0.05) is 6.92 Å². The zero-order valence-electron chi connectivity index (χ0n) is 9.49.